The van der Waals surface area contributed by atoms with Gasteiger partial charge in [-0.25, -0.2) is 0 Å². The van der Waals surface area contributed by atoms with Crippen molar-refractivity contribution >= 4 is 11.8 Å². The summed E-state index contributed by atoms with van der Waals surface area (Å²) in [5.41, 5.74) is 8.90. The maximum atomic E-state index is 6.30. The van der Waals surface area contributed by atoms with Gasteiger partial charge in [0.05, 0.1) is 18.5 Å². The van der Waals surface area contributed by atoms with E-state index >= 15 is 0 Å². The van der Waals surface area contributed by atoms with Crippen molar-refractivity contribution < 1.29 is 4.74 Å². The highest BCUT2D eigenvalue weighted by atomic mass is 32.2. The third-order valence-corrected chi connectivity index (χ3v) is 4.67. The minimum absolute atomic E-state index is 0.117. The van der Waals surface area contributed by atoms with E-state index < -0.39 is 0 Å². The molecular formula is C14H21NOS. The molecule has 1 saturated heterocycles. The van der Waals surface area contributed by atoms with E-state index in [-0.39, 0.29) is 6.04 Å². The van der Waals surface area contributed by atoms with E-state index in [0.717, 1.165) is 19.6 Å². The van der Waals surface area contributed by atoms with Crippen LogP contribution in [0.4, 0.5) is 0 Å². The molecule has 2 N–H and O–H groups in total. The fourth-order valence-electron chi connectivity index (χ4n) is 1.93. The van der Waals surface area contributed by atoms with Crippen molar-refractivity contribution in [3.63, 3.8) is 0 Å². The molecule has 3 heteroatoms. The number of hydrogen-bond acceptors (Lipinski definition) is 3. The second kappa shape index (κ2) is 5.89. The Morgan fingerprint density at radius 2 is 2.00 bits per heavy atom. The second-order valence-corrected chi connectivity index (χ2v) is 6.30. The molecule has 0 aliphatic carbocycles. The van der Waals surface area contributed by atoms with Crippen LogP contribution in [0.25, 0.3) is 0 Å². The number of aryl methyl sites for hydroxylation is 1. The van der Waals surface area contributed by atoms with Gasteiger partial charge < -0.3 is 10.5 Å². The van der Waals surface area contributed by atoms with Crippen molar-refractivity contribution in [2.75, 3.05) is 13.2 Å². The zero-order valence-corrected chi connectivity index (χ0v) is 11.4. The topological polar surface area (TPSA) is 35.2 Å². The van der Waals surface area contributed by atoms with Gasteiger partial charge in [0, 0.05) is 11.3 Å². The van der Waals surface area contributed by atoms with E-state index in [9.17, 15) is 0 Å². The Hall–Kier alpha value is -0.510. The highest BCUT2D eigenvalue weighted by Gasteiger charge is 2.25. The molecule has 1 heterocycles. The summed E-state index contributed by atoms with van der Waals surface area (Å²) in [5.74, 6) is 0. The van der Waals surface area contributed by atoms with Crippen molar-refractivity contribution in [1.82, 2.24) is 0 Å². The highest BCUT2D eigenvalue weighted by molar-refractivity contribution is 8.00. The summed E-state index contributed by atoms with van der Waals surface area (Å²) in [5, 5.41) is 1.09. The Morgan fingerprint density at radius 1 is 1.35 bits per heavy atom. The van der Waals surface area contributed by atoms with Gasteiger partial charge in [0.15, 0.2) is 0 Å². The molecule has 2 atom stereocenters. The summed E-state index contributed by atoms with van der Waals surface area (Å²) in [6, 6.07) is 8.81. The molecule has 1 aliphatic rings. The van der Waals surface area contributed by atoms with Gasteiger partial charge in [-0.3, -0.25) is 0 Å². The first-order chi connectivity index (χ1) is 8.20. The molecule has 0 bridgehead atoms. The highest BCUT2D eigenvalue weighted by Crippen LogP contribution is 2.30. The van der Waals surface area contributed by atoms with Gasteiger partial charge in [0.25, 0.3) is 0 Å². The average Bonchev–Trinajstić information content (AvgIpc) is 2.32. The van der Waals surface area contributed by atoms with Gasteiger partial charge in [-0.05, 0) is 17.5 Å². The Kier molecular flexibility index (Phi) is 4.48. The molecule has 2 unspecified atom stereocenters. The van der Waals surface area contributed by atoms with E-state index in [2.05, 4.69) is 38.1 Å². The number of benzene rings is 1. The van der Waals surface area contributed by atoms with E-state index in [1.54, 1.807) is 0 Å². The van der Waals surface area contributed by atoms with Gasteiger partial charge in [-0.2, -0.15) is 0 Å². The van der Waals surface area contributed by atoms with Crippen LogP contribution >= 0.6 is 11.8 Å². The van der Waals surface area contributed by atoms with Crippen LogP contribution in [0.15, 0.2) is 24.3 Å². The second-order valence-electron chi connectivity index (χ2n) is 4.62. The smallest absolute Gasteiger partial charge is 0.0608 e. The summed E-state index contributed by atoms with van der Waals surface area (Å²) >= 11 is 1.95. The summed E-state index contributed by atoms with van der Waals surface area (Å²) in [6.07, 6.45) is 1.08. The summed E-state index contributed by atoms with van der Waals surface area (Å²) < 4.78 is 5.19. The fraction of sp³-hybridized carbons (Fsp3) is 0.571. The molecule has 2 nitrogen and oxygen atoms in total. The fourth-order valence-corrected chi connectivity index (χ4v) is 3.21. The predicted molar refractivity (Wildman–Crippen MR) is 74.4 cm³/mol. The van der Waals surface area contributed by atoms with Gasteiger partial charge in [-0.1, -0.05) is 38.1 Å². The standard InChI is InChI=1S/C14H21NOS/c1-3-11-4-6-12(7-5-11)14(15)10(2)17-13-8-16-9-13/h4-7,10,13-14H,3,8-9,15H2,1-2H3. The third kappa shape index (κ3) is 3.24. The Labute approximate surface area is 108 Å². The van der Waals surface area contributed by atoms with Crippen LogP contribution in [0.2, 0.25) is 0 Å². The zero-order chi connectivity index (χ0) is 12.3. The molecular weight excluding hydrogens is 230 g/mol. The van der Waals surface area contributed by atoms with Crippen LogP contribution in [0.1, 0.15) is 31.0 Å². The molecule has 0 radical (unpaired) electrons. The predicted octanol–water partition coefficient (Wildman–Crippen LogP) is 2.77. The van der Waals surface area contributed by atoms with Crippen LogP contribution < -0.4 is 5.73 Å². The molecule has 0 saturated carbocycles. The van der Waals surface area contributed by atoms with Crippen molar-refractivity contribution in [2.45, 2.75) is 36.8 Å². The van der Waals surface area contributed by atoms with Gasteiger partial charge >= 0.3 is 0 Å². The zero-order valence-electron chi connectivity index (χ0n) is 10.6. The lowest BCUT2D eigenvalue weighted by atomic mass is 10.0. The van der Waals surface area contributed by atoms with Crippen molar-refractivity contribution in [3.05, 3.63) is 35.4 Å². The lowest BCUT2D eigenvalue weighted by Crippen LogP contribution is -2.34. The Balaban J connectivity index is 1.94. The Bertz CT molecular complexity index is 348. The number of ether oxygens (including phenoxy) is 1. The number of rotatable bonds is 5. The van der Waals surface area contributed by atoms with Crippen LogP contribution in [-0.4, -0.2) is 23.7 Å². The lowest BCUT2D eigenvalue weighted by Gasteiger charge is -2.30. The van der Waals surface area contributed by atoms with E-state index in [4.69, 9.17) is 10.5 Å². The number of nitrogens with two attached hydrogens (primary N) is 1. The normalized spacial score (nSPS) is 19.7. The Morgan fingerprint density at radius 3 is 2.47 bits per heavy atom. The number of hydrogen-bond donors (Lipinski definition) is 1. The first kappa shape index (κ1) is 12.9. The van der Waals surface area contributed by atoms with Crippen molar-refractivity contribution in [3.8, 4) is 0 Å². The molecule has 94 valence electrons. The van der Waals surface area contributed by atoms with Crippen molar-refractivity contribution in [2.24, 2.45) is 5.73 Å². The molecule has 0 aromatic heterocycles. The maximum Gasteiger partial charge on any atom is 0.0608 e. The average molecular weight is 251 g/mol. The molecule has 1 aliphatic heterocycles. The van der Waals surface area contributed by atoms with E-state index in [1.807, 2.05) is 11.8 Å². The molecule has 2 rings (SSSR count). The molecule has 17 heavy (non-hydrogen) atoms. The van der Waals surface area contributed by atoms with Crippen molar-refractivity contribution in [1.29, 1.82) is 0 Å². The first-order valence-electron chi connectivity index (χ1n) is 6.28. The molecule has 1 aromatic carbocycles. The van der Waals surface area contributed by atoms with Gasteiger partial charge in [0.1, 0.15) is 0 Å². The minimum Gasteiger partial charge on any atom is -0.379 e. The molecule has 0 amide bonds. The minimum atomic E-state index is 0.117. The van der Waals surface area contributed by atoms with Crippen LogP contribution in [-0.2, 0) is 11.2 Å². The maximum absolute atomic E-state index is 6.30. The summed E-state index contributed by atoms with van der Waals surface area (Å²) in [6.45, 7) is 6.15. The van der Waals surface area contributed by atoms with Crippen LogP contribution in [0.3, 0.4) is 0 Å². The molecule has 0 spiro atoms. The summed E-state index contributed by atoms with van der Waals surface area (Å²) in [4.78, 5) is 0. The monoisotopic (exact) mass is 251 g/mol. The van der Waals surface area contributed by atoms with E-state index in [0.29, 0.717) is 10.5 Å². The molecule has 1 fully saturated rings. The largest absolute Gasteiger partial charge is 0.379 e. The molecule has 1 aromatic rings. The van der Waals surface area contributed by atoms with Gasteiger partial charge in [0.2, 0.25) is 0 Å². The van der Waals surface area contributed by atoms with Gasteiger partial charge in [-0.15, -0.1) is 11.8 Å². The van der Waals surface area contributed by atoms with Crippen LogP contribution in [0, 0.1) is 0 Å². The lowest BCUT2D eigenvalue weighted by molar-refractivity contribution is 0.0453. The third-order valence-electron chi connectivity index (χ3n) is 3.29. The van der Waals surface area contributed by atoms with E-state index in [1.165, 1.54) is 11.1 Å². The quantitative estimate of drug-likeness (QED) is 0.874. The first-order valence-corrected chi connectivity index (χ1v) is 7.22. The van der Waals surface area contributed by atoms with Crippen LogP contribution in [0.5, 0.6) is 0 Å². The summed E-state index contributed by atoms with van der Waals surface area (Å²) in [7, 11) is 0. The SMILES string of the molecule is CCc1ccc(C(N)C(C)SC2COC2)cc1. The number of thioether (sulfide) groups is 1.